The second-order valence-electron chi connectivity index (χ2n) is 4.26. The normalized spacial score (nSPS) is 11.6. The molecule has 0 saturated carbocycles. The summed E-state index contributed by atoms with van der Waals surface area (Å²) in [5, 5.41) is 14.9. The lowest BCUT2D eigenvalue weighted by molar-refractivity contribution is 0.0950. The predicted octanol–water partition coefficient (Wildman–Crippen LogP) is 3.35. The van der Waals surface area contributed by atoms with E-state index in [2.05, 4.69) is 20.7 Å². The van der Waals surface area contributed by atoms with Gasteiger partial charge in [-0.05, 0) is 35.9 Å². The van der Waals surface area contributed by atoms with Gasteiger partial charge in [0.25, 0.3) is 5.91 Å². The zero-order valence-electron chi connectivity index (χ0n) is 11.2. The largest absolute Gasteiger partial charge is 0.291 e. The van der Waals surface area contributed by atoms with Crippen LogP contribution in [-0.2, 0) is 0 Å². The first-order chi connectivity index (χ1) is 10.2. The Morgan fingerprint density at radius 3 is 2.81 bits per heavy atom. The minimum atomic E-state index is -0.329. The summed E-state index contributed by atoms with van der Waals surface area (Å²) in [6.07, 6.45) is 0. The Kier molecular flexibility index (Phi) is 3.94. The van der Waals surface area contributed by atoms with Crippen LogP contribution < -0.4 is 5.43 Å². The number of carbonyl (C=O) groups is 1. The Hall–Kier alpha value is -2.25. The Morgan fingerprint density at radius 1 is 1.29 bits per heavy atom. The summed E-state index contributed by atoms with van der Waals surface area (Å²) in [5.74, 6) is -0.329. The van der Waals surface area contributed by atoms with E-state index in [0.717, 1.165) is 21.2 Å². The zero-order valence-corrected chi connectivity index (χ0v) is 12.8. The quantitative estimate of drug-likeness (QED) is 0.572. The lowest BCUT2D eigenvalue weighted by Gasteiger charge is -1.98. The number of rotatable bonds is 4. The third-order valence-electron chi connectivity index (χ3n) is 2.80. The molecule has 0 aromatic carbocycles. The maximum Gasteiger partial charge on any atom is 0.291 e. The van der Waals surface area contributed by atoms with E-state index in [1.807, 2.05) is 41.9 Å². The molecule has 0 unspecified atom stereocenters. The lowest BCUT2D eigenvalue weighted by Crippen LogP contribution is -2.19. The lowest BCUT2D eigenvalue weighted by atomic mass is 10.3. The third-order valence-corrected chi connectivity index (χ3v) is 4.68. The number of nitrogens with one attached hydrogen (secondary N) is 2. The van der Waals surface area contributed by atoms with E-state index in [4.69, 9.17) is 0 Å². The van der Waals surface area contributed by atoms with Gasteiger partial charge in [-0.25, -0.2) is 5.43 Å². The van der Waals surface area contributed by atoms with E-state index in [1.54, 1.807) is 28.7 Å². The minimum Gasteiger partial charge on any atom is -0.276 e. The molecule has 0 spiro atoms. The molecule has 0 aliphatic carbocycles. The van der Waals surface area contributed by atoms with E-state index in [-0.39, 0.29) is 5.91 Å². The van der Waals surface area contributed by atoms with Gasteiger partial charge < -0.3 is 0 Å². The monoisotopic (exact) mass is 316 g/mol. The molecule has 3 rings (SSSR count). The van der Waals surface area contributed by atoms with Crippen LogP contribution in [0.25, 0.3) is 10.6 Å². The number of hydrogen-bond acceptors (Lipinski definition) is 5. The van der Waals surface area contributed by atoms with Gasteiger partial charge in [0.15, 0.2) is 5.69 Å². The predicted molar refractivity (Wildman–Crippen MR) is 85.9 cm³/mol. The number of H-pyrrole nitrogens is 1. The maximum absolute atomic E-state index is 12.0. The van der Waals surface area contributed by atoms with Gasteiger partial charge in [0, 0.05) is 4.88 Å². The van der Waals surface area contributed by atoms with E-state index >= 15 is 0 Å². The van der Waals surface area contributed by atoms with Crippen LogP contribution in [-0.4, -0.2) is 21.8 Å². The number of thiophene rings is 2. The molecule has 0 aliphatic rings. The molecule has 7 heteroatoms. The number of carbonyl (C=O) groups excluding carboxylic acids is 1. The van der Waals surface area contributed by atoms with Gasteiger partial charge in [-0.2, -0.15) is 10.2 Å². The molecule has 106 valence electrons. The van der Waals surface area contributed by atoms with Crippen LogP contribution in [0.3, 0.4) is 0 Å². The van der Waals surface area contributed by atoms with E-state index in [1.165, 1.54) is 0 Å². The van der Waals surface area contributed by atoms with Gasteiger partial charge in [-0.1, -0.05) is 12.1 Å². The Bertz CT molecular complexity index is 757. The molecule has 2 N–H and O–H groups in total. The van der Waals surface area contributed by atoms with Gasteiger partial charge in [-0.15, -0.1) is 22.7 Å². The number of hydrazone groups is 1. The van der Waals surface area contributed by atoms with Gasteiger partial charge in [0.05, 0.1) is 16.3 Å². The number of aromatic nitrogens is 2. The standard InChI is InChI=1S/C14H12N4OS2/c1-9(12-4-2-6-20-12)15-18-14(19)11-8-10(16-17-11)13-5-3-7-21-13/h2-8H,1H3,(H,16,17)(H,18,19)/b15-9+. The number of aromatic amines is 1. The average molecular weight is 316 g/mol. The molecule has 3 heterocycles. The third kappa shape index (κ3) is 3.09. The van der Waals surface area contributed by atoms with Crippen LogP contribution in [0.4, 0.5) is 0 Å². The van der Waals surface area contributed by atoms with Crippen molar-refractivity contribution in [2.24, 2.45) is 5.10 Å². The van der Waals surface area contributed by atoms with Crippen LogP contribution >= 0.6 is 22.7 Å². The highest BCUT2D eigenvalue weighted by Crippen LogP contribution is 2.22. The topological polar surface area (TPSA) is 70.1 Å². The van der Waals surface area contributed by atoms with Crippen LogP contribution in [0.1, 0.15) is 22.3 Å². The van der Waals surface area contributed by atoms with E-state index < -0.39 is 0 Å². The van der Waals surface area contributed by atoms with Crippen molar-refractivity contribution in [2.75, 3.05) is 0 Å². The van der Waals surface area contributed by atoms with Gasteiger partial charge in [0.2, 0.25) is 0 Å². The molecule has 5 nitrogen and oxygen atoms in total. The molecule has 0 saturated heterocycles. The molecule has 21 heavy (non-hydrogen) atoms. The summed E-state index contributed by atoms with van der Waals surface area (Å²) >= 11 is 3.17. The van der Waals surface area contributed by atoms with Crippen molar-refractivity contribution < 1.29 is 4.79 Å². The highest BCUT2D eigenvalue weighted by molar-refractivity contribution is 7.13. The first-order valence-electron chi connectivity index (χ1n) is 6.22. The zero-order chi connectivity index (χ0) is 14.7. The van der Waals surface area contributed by atoms with Gasteiger partial charge in [0.1, 0.15) is 0 Å². The van der Waals surface area contributed by atoms with Crippen molar-refractivity contribution >= 4 is 34.3 Å². The molecule has 0 radical (unpaired) electrons. The number of amides is 1. The molecule has 1 amide bonds. The van der Waals surface area contributed by atoms with E-state index in [0.29, 0.717) is 5.69 Å². The van der Waals surface area contributed by atoms with Crippen molar-refractivity contribution in [3.8, 4) is 10.6 Å². The van der Waals surface area contributed by atoms with Crippen molar-refractivity contribution in [3.05, 3.63) is 51.7 Å². The highest BCUT2D eigenvalue weighted by Gasteiger charge is 2.11. The molecule has 3 aromatic heterocycles. The summed E-state index contributed by atoms with van der Waals surface area (Å²) in [7, 11) is 0. The summed E-state index contributed by atoms with van der Waals surface area (Å²) in [4.78, 5) is 14.1. The maximum atomic E-state index is 12.0. The summed E-state index contributed by atoms with van der Waals surface area (Å²) in [6.45, 7) is 1.85. The Labute approximate surface area is 129 Å². The Balaban J connectivity index is 1.70. The number of hydrogen-bond donors (Lipinski definition) is 2. The molecule has 0 fully saturated rings. The molecule has 0 atom stereocenters. The summed E-state index contributed by atoms with van der Waals surface area (Å²) < 4.78 is 0. The van der Waals surface area contributed by atoms with Crippen LogP contribution in [0, 0.1) is 0 Å². The van der Waals surface area contributed by atoms with Gasteiger partial charge >= 0.3 is 0 Å². The first kappa shape index (κ1) is 13.7. The minimum absolute atomic E-state index is 0.320. The fourth-order valence-electron chi connectivity index (χ4n) is 1.73. The Morgan fingerprint density at radius 2 is 2.10 bits per heavy atom. The fraction of sp³-hybridized carbons (Fsp3) is 0.0714. The smallest absolute Gasteiger partial charge is 0.276 e. The van der Waals surface area contributed by atoms with Crippen LogP contribution in [0.5, 0.6) is 0 Å². The second kappa shape index (κ2) is 6.02. The van der Waals surface area contributed by atoms with Crippen LogP contribution in [0.15, 0.2) is 46.2 Å². The SMILES string of the molecule is C/C(=N\NC(=O)c1cc(-c2cccs2)[nH]n1)c1cccs1. The highest BCUT2D eigenvalue weighted by atomic mass is 32.1. The first-order valence-corrected chi connectivity index (χ1v) is 7.98. The second-order valence-corrected chi connectivity index (χ2v) is 6.15. The fourth-order valence-corrected chi connectivity index (χ4v) is 3.10. The van der Waals surface area contributed by atoms with Crippen molar-refractivity contribution in [1.29, 1.82) is 0 Å². The van der Waals surface area contributed by atoms with E-state index in [9.17, 15) is 4.79 Å². The van der Waals surface area contributed by atoms with Crippen molar-refractivity contribution in [3.63, 3.8) is 0 Å². The summed E-state index contributed by atoms with van der Waals surface area (Å²) in [6, 6.07) is 9.55. The van der Waals surface area contributed by atoms with Gasteiger partial charge in [-0.3, -0.25) is 9.89 Å². The summed E-state index contributed by atoms with van der Waals surface area (Å²) in [5.41, 5.74) is 4.44. The molecule has 3 aromatic rings. The molecular weight excluding hydrogens is 304 g/mol. The van der Waals surface area contributed by atoms with Crippen molar-refractivity contribution in [2.45, 2.75) is 6.92 Å². The van der Waals surface area contributed by atoms with Crippen molar-refractivity contribution in [1.82, 2.24) is 15.6 Å². The molecule has 0 aliphatic heterocycles. The van der Waals surface area contributed by atoms with Crippen LogP contribution in [0.2, 0.25) is 0 Å². The number of nitrogens with zero attached hydrogens (tertiary/aromatic N) is 2. The molecular formula is C14H12N4OS2. The molecule has 0 bridgehead atoms. The average Bonchev–Trinajstić information content (AvgIpc) is 3.25.